The first kappa shape index (κ1) is 21.5. The average Bonchev–Trinajstić information content (AvgIpc) is 3.39. The summed E-state index contributed by atoms with van der Waals surface area (Å²) < 4.78 is 28.7. The van der Waals surface area contributed by atoms with Gasteiger partial charge in [0.2, 0.25) is 5.43 Å². The molecule has 0 spiro atoms. The molecule has 1 N–H and O–H groups in total. The molecule has 4 heterocycles. The van der Waals surface area contributed by atoms with Gasteiger partial charge in [0.15, 0.2) is 16.5 Å². The number of fused-ring (bicyclic) bond motifs is 3. The molecule has 0 radical (unpaired) electrons. The second-order valence-corrected chi connectivity index (χ2v) is 9.42. The molecule has 2 aromatic heterocycles. The zero-order chi connectivity index (χ0) is 23.4. The number of rotatable bonds is 4. The minimum atomic E-state index is -0.716. The molecule has 2 aliphatic rings. The Bertz CT molecular complexity index is 1320. The van der Waals surface area contributed by atoms with Crippen LogP contribution >= 0.6 is 11.3 Å². The van der Waals surface area contributed by atoms with E-state index < -0.39 is 28.7 Å². The number of hydrogen-bond acceptors (Lipinski definition) is 7. The van der Waals surface area contributed by atoms with Crippen molar-refractivity contribution in [1.82, 2.24) is 19.8 Å². The first-order valence-electron chi connectivity index (χ1n) is 10.6. The van der Waals surface area contributed by atoms with Crippen LogP contribution in [0, 0.1) is 17.6 Å². The van der Waals surface area contributed by atoms with E-state index in [1.807, 2.05) is 11.9 Å². The maximum Gasteiger partial charge on any atom is 0.278 e. The Morgan fingerprint density at radius 3 is 2.76 bits per heavy atom. The highest BCUT2D eigenvalue weighted by Gasteiger charge is 2.44. The van der Waals surface area contributed by atoms with Crippen molar-refractivity contribution in [2.24, 2.45) is 5.92 Å². The lowest BCUT2D eigenvalue weighted by Gasteiger charge is -2.42. The molecule has 8 nitrogen and oxygen atoms in total. The van der Waals surface area contributed by atoms with Crippen LogP contribution in [0.15, 0.2) is 29.2 Å². The summed E-state index contributed by atoms with van der Waals surface area (Å²) in [5, 5.41) is 21.5. The number of hydrogen-bond donors (Lipinski definition) is 1. The van der Waals surface area contributed by atoms with Crippen molar-refractivity contribution >= 4 is 17.2 Å². The minimum absolute atomic E-state index is 0.0610. The standard InChI is InChI=1S/C22H21F2N5O3S/c1-3-27-17-6-11(2)9-28(17)29-10-14(19(30)20(31)18(29)22(27)32)21-26-25-16(33-21)7-12-4-5-13(23)8-15(12)24/h4-5,8,10-11,17,31H,3,6-7,9H2,1-2H3/t11-,17-/m0/s1. The van der Waals surface area contributed by atoms with Gasteiger partial charge in [-0.2, -0.15) is 0 Å². The van der Waals surface area contributed by atoms with E-state index in [-0.39, 0.29) is 34.4 Å². The van der Waals surface area contributed by atoms with E-state index in [9.17, 15) is 23.5 Å². The number of nitrogens with zero attached hydrogens (tertiary/aromatic N) is 5. The first-order valence-corrected chi connectivity index (χ1v) is 11.4. The van der Waals surface area contributed by atoms with Gasteiger partial charge in [-0.25, -0.2) is 8.78 Å². The highest BCUT2D eigenvalue weighted by molar-refractivity contribution is 7.14. The molecule has 0 bridgehead atoms. The average molecular weight is 474 g/mol. The molecule has 5 rings (SSSR count). The molecule has 3 aromatic rings. The Labute approximate surface area is 191 Å². The summed E-state index contributed by atoms with van der Waals surface area (Å²) >= 11 is 1.08. The van der Waals surface area contributed by atoms with Crippen molar-refractivity contribution in [1.29, 1.82) is 0 Å². The maximum absolute atomic E-state index is 14.0. The molecule has 1 fully saturated rings. The molecule has 1 saturated heterocycles. The summed E-state index contributed by atoms with van der Waals surface area (Å²) in [5.74, 6) is -2.05. The Hall–Kier alpha value is -3.34. The van der Waals surface area contributed by atoms with E-state index in [0.29, 0.717) is 24.0 Å². The molecule has 2 atom stereocenters. The number of carbonyl (C=O) groups is 1. The number of aromatic nitrogens is 3. The highest BCUT2D eigenvalue weighted by Crippen LogP contribution is 2.34. The Balaban J connectivity index is 1.56. The summed E-state index contributed by atoms with van der Waals surface area (Å²) in [4.78, 5) is 27.7. The lowest BCUT2D eigenvalue weighted by atomic mass is 10.1. The van der Waals surface area contributed by atoms with E-state index >= 15 is 0 Å². The minimum Gasteiger partial charge on any atom is -0.502 e. The van der Waals surface area contributed by atoms with Crippen molar-refractivity contribution in [2.45, 2.75) is 32.9 Å². The van der Waals surface area contributed by atoms with E-state index in [1.165, 1.54) is 18.3 Å². The lowest BCUT2D eigenvalue weighted by Crippen LogP contribution is -2.58. The molecular formula is C22H21F2N5O3S. The molecule has 33 heavy (non-hydrogen) atoms. The van der Waals surface area contributed by atoms with Gasteiger partial charge in [0.1, 0.15) is 22.8 Å². The topological polar surface area (TPSA) is 91.6 Å². The number of benzene rings is 1. The van der Waals surface area contributed by atoms with Crippen molar-refractivity contribution in [3.8, 4) is 16.3 Å². The van der Waals surface area contributed by atoms with Gasteiger partial charge in [-0.15, -0.1) is 10.2 Å². The molecule has 11 heteroatoms. The van der Waals surface area contributed by atoms with E-state index in [4.69, 9.17) is 0 Å². The zero-order valence-corrected chi connectivity index (χ0v) is 18.8. The van der Waals surface area contributed by atoms with Crippen LogP contribution in [0.2, 0.25) is 0 Å². The van der Waals surface area contributed by atoms with Crippen LogP contribution in [0.5, 0.6) is 5.75 Å². The normalized spacial score (nSPS) is 19.7. The largest absolute Gasteiger partial charge is 0.502 e. The van der Waals surface area contributed by atoms with Gasteiger partial charge in [-0.3, -0.25) is 19.3 Å². The molecule has 0 saturated carbocycles. The Kier molecular flexibility index (Phi) is 5.15. The second kappa shape index (κ2) is 7.91. The van der Waals surface area contributed by atoms with Gasteiger partial charge < -0.3 is 10.0 Å². The first-order chi connectivity index (χ1) is 15.8. The molecule has 172 valence electrons. The molecule has 2 aliphatic heterocycles. The maximum atomic E-state index is 14.0. The van der Waals surface area contributed by atoms with Gasteiger partial charge in [0.05, 0.1) is 5.56 Å². The second-order valence-electron chi connectivity index (χ2n) is 8.36. The smallest absolute Gasteiger partial charge is 0.278 e. The van der Waals surface area contributed by atoms with Crippen molar-refractivity contribution < 1.29 is 18.7 Å². The number of halogens is 2. The van der Waals surface area contributed by atoms with Crippen LogP contribution in [-0.4, -0.2) is 50.0 Å². The third-order valence-electron chi connectivity index (χ3n) is 6.12. The summed E-state index contributed by atoms with van der Waals surface area (Å²) in [6.07, 6.45) is 2.23. The molecular weight excluding hydrogens is 452 g/mol. The molecule has 1 aromatic carbocycles. The highest BCUT2D eigenvalue weighted by atomic mass is 32.1. The quantitative estimate of drug-likeness (QED) is 0.627. The molecule has 1 amide bonds. The van der Waals surface area contributed by atoms with Crippen LogP contribution < -0.4 is 10.4 Å². The van der Waals surface area contributed by atoms with E-state index in [0.717, 1.165) is 23.8 Å². The van der Waals surface area contributed by atoms with Crippen LogP contribution in [0.25, 0.3) is 10.6 Å². The number of pyridine rings is 1. The summed E-state index contributed by atoms with van der Waals surface area (Å²) in [6.45, 7) is 5.08. The van der Waals surface area contributed by atoms with Crippen LogP contribution in [0.4, 0.5) is 8.78 Å². The van der Waals surface area contributed by atoms with Crippen LogP contribution in [0.3, 0.4) is 0 Å². The predicted octanol–water partition coefficient (Wildman–Crippen LogP) is 2.72. The third kappa shape index (κ3) is 3.47. The fourth-order valence-electron chi connectivity index (χ4n) is 4.55. The van der Waals surface area contributed by atoms with Gasteiger partial charge in [-0.1, -0.05) is 24.3 Å². The molecule has 0 unspecified atom stereocenters. The predicted molar refractivity (Wildman–Crippen MR) is 118 cm³/mol. The summed E-state index contributed by atoms with van der Waals surface area (Å²) in [6, 6.07) is 3.30. The van der Waals surface area contributed by atoms with Crippen molar-refractivity contribution in [3.63, 3.8) is 0 Å². The van der Waals surface area contributed by atoms with E-state index in [2.05, 4.69) is 17.1 Å². The Morgan fingerprint density at radius 2 is 2.03 bits per heavy atom. The number of aromatic hydroxyl groups is 1. The van der Waals surface area contributed by atoms with Gasteiger partial charge in [0.25, 0.3) is 5.91 Å². The van der Waals surface area contributed by atoms with Gasteiger partial charge in [0, 0.05) is 31.8 Å². The zero-order valence-electron chi connectivity index (χ0n) is 18.0. The SMILES string of the molecule is CCN1C(=O)c2c(O)c(=O)c(-c3nnc(Cc4ccc(F)cc4F)s3)cn2N2C[C@@H](C)C[C@@H]12. The number of amides is 1. The van der Waals surface area contributed by atoms with Crippen LogP contribution in [-0.2, 0) is 6.42 Å². The monoisotopic (exact) mass is 473 g/mol. The van der Waals surface area contributed by atoms with Gasteiger partial charge in [-0.05, 0) is 30.9 Å². The van der Waals surface area contributed by atoms with Crippen LogP contribution in [0.1, 0.15) is 41.3 Å². The fourth-order valence-corrected chi connectivity index (χ4v) is 5.42. The lowest BCUT2D eigenvalue weighted by molar-refractivity contribution is 0.0606. The van der Waals surface area contributed by atoms with Crippen molar-refractivity contribution in [3.05, 3.63) is 62.5 Å². The fraction of sp³-hybridized carbons (Fsp3) is 0.364. The van der Waals surface area contributed by atoms with Crippen molar-refractivity contribution in [2.75, 3.05) is 18.1 Å². The summed E-state index contributed by atoms with van der Waals surface area (Å²) in [7, 11) is 0. The van der Waals surface area contributed by atoms with E-state index in [1.54, 1.807) is 9.58 Å². The summed E-state index contributed by atoms with van der Waals surface area (Å²) in [5.41, 5.74) is -0.417. The third-order valence-corrected chi connectivity index (χ3v) is 7.07. The van der Waals surface area contributed by atoms with Gasteiger partial charge >= 0.3 is 0 Å². The molecule has 0 aliphatic carbocycles. The number of carbonyl (C=O) groups excluding carboxylic acids is 1. The Morgan fingerprint density at radius 1 is 1.24 bits per heavy atom.